The number of nitrogens with one attached hydrogen (secondary N) is 1. The molecule has 13 heavy (non-hydrogen) atoms. The van der Waals surface area contributed by atoms with Crippen molar-refractivity contribution in [2.24, 2.45) is 0 Å². The molecule has 0 aliphatic carbocycles. The molecule has 0 saturated carbocycles. The first-order valence-corrected chi connectivity index (χ1v) is 4.77. The summed E-state index contributed by atoms with van der Waals surface area (Å²) in [6.07, 6.45) is 0. The maximum atomic E-state index is 11.4. The van der Waals surface area contributed by atoms with Gasteiger partial charge in [-0.25, -0.2) is 0 Å². The van der Waals surface area contributed by atoms with Crippen LogP contribution in [0.3, 0.4) is 0 Å². The van der Waals surface area contributed by atoms with E-state index >= 15 is 0 Å². The van der Waals surface area contributed by atoms with Gasteiger partial charge < -0.3 is 16.2 Å². The summed E-state index contributed by atoms with van der Waals surface area (Å²) in [5.74, 6) is -0.228. The Labute approximate surface area is 80.4 Å². The van der Waals surface area contributed by atoms with Crippen LogP contribution in [0, 0.1) is 0 Å². The lowest BCUT2D eigenvalue weighted by Crippen LogP contribution is -2.34. The highest BCUT2D eigenvalue weighted by Gasteiger charge is 2.12. The molecule has 1 amide bonds. The number of carbonyl (C=O) groups excluding carboxylic acids is 1. The molecule has 1 rings (SSSR count). The van der Waals surface area contributed by atoms with E-state index < -0.39 is 0 Å². The highest BCUT2D eigenvalue weighted by Crippen LogP contribution is 2.18. The summed E-state index contributed by atoms with van der Waals surface area (Å²) < 4.78 is 0. The van der Waals surface area contributed by atoms with Crippen LogP contribution in [-0.2, 0) is 0 Å². The summed E-state index contributed by atoms with van der Waals surface area (Å²) in [6.45, 7) is 1.65. The Morgan fingerprint density at radius 3 is 3.00 bits per heavy atom. The van der Waals surface area contributed by atoms with Crippen molar-refractivity contribution in [2.75, 3.05) is 12.3 Å². The molecule has 1 heterocycles. The van der Waals surface area contributed by atoms with Crippen LogP contribution >= 0.6 is 11.3 Å². The number of aliphatic hydroxyl groups excluding tert-OH is 1. The summed E-state index contributed by atoms with van der Waals surface area (Å²) in [5, 5.41) is 13.1. The summed E-state index contributed by atoms with van der Waals surface area (Å²) in [7, 11) is 0. The van der Waals surface area contributed by atoms with Crippen molar-refractivity contribution in [1.29, 1.82) is 0 Å². The lowest BCUT2D eigenvalue weighted by Gasteiger charge is -2.09. The molecule has 1 aromatic rings. The molecule has 0 spiro atoms. The van der Waals surface area contributed by atoms with Gasteiger partial charge in [0.15, 0.2) is 0 Å². The van der Waals surface area contributed by atoms with Gasteiger partial charge in [-0.3, -0.25) is 4.79 Å². The standard InChI is InChI=1S/C8H12N2O2S/c1-5(4-11)10-8(12)7-6(9)2-3-13-7/h2-3,5,11H,4,9H2,1H3,(H,10,12)/t5-/m0/s1. The van der Waals surface area contributed by atoms with Crippen LogP contribution < -0.4 is 11.1 Å². The van der Waals surface area contributed by atoms with E-state index in [1.54, 1.807) is 18.4 Å². The molecule has 0 unspecified atom stereocenters. The molecule has 0 fully saturated rings. The largest absolute Gasteiger partial charge is 0.397 e. The van der Waals surface area contributed by atoms with Crippen molar-refractivity contribution in [1.82, 2.24) is 5.32 Å². The molecule has 4 nitrogen and oxygen atoms in total. The molecule has 1 atom stereocenters. The number of thiophene rings is 1. The van der Waals surface area contributed by atoms with Crippen molar-refractivity contribution in [3.63, 3.8) is 0 Å². The van der Waals surface area contributed by atoms with Crippen molar-refractivity contribution in [2.45, 2.75) is 13.0 Å². The molecule has 0 saturated heterocycles. The fourth-order valence-corrected chi connectivity index (χ4v) is 1.56. The van der Waals surface area contributed by atoms with Gasteiger partial charge in [0, 0.05) is 6.04 Å². The molecule has 0 bridgehead atoms. The second kappa shape index (κ2) is 4.25. The number of nitrogens with two attached hydrogens (primary N) is 1. The minimum absolute atomic E-state index is 0.0724. The number of hydrogen-bond donors (Lipinski definition) is 3. The van der Waals surface area contributed by atoms with Gasteiger partial charge in [-0.15, -0.1) is 11.3 Å². The fourth-order valence-electron chi connectivity index (χ4n) is 0.839. The number of hydrogen-bond acceptors (Lipinski definition) is 4. The average Bonchev–Trinajstić information content (AvgIpc) is 2.51. The maximum absolute atomic E-state index is 11.4. The van der Waals surface area contributed by atoms with Gasteiger partial charge in [0.1, 0.15) is 4.88 Å². The lowest BCUT2D eigenvalue weighted by molar-refractivity contribution is 0.0927. The van der Waals surface area contributed by atoms with Gasteiger partial charge in [-0.05, 0) is 18.4 Å². The van der Waals surface area contributed by atoms with Gasteiger partial charge in [0.2, 0.25) is 0 Å². The Morgan fingerprint density at radius 2 is 2.54 bits per heavy atom. The maximum Gasteiger partial charge on any atom is 0.263 e. The third kappa shape index (κ3) is 2.43. The summed E-state index contributed by atoms with van der Waals surface area (Å²) in [6, 6.07) is 1.44. The van der Waals surface area contributed by atoms with E-state index in [1.165, 1.54) is 11.3 Å². The molecule has 0 aliphatic heterocycles. The molecule has 0 aromatic carbocycles. The Bertz CT molecular complexity index is 298. The minimum Gasteiger partial charge on any atom is -0.397 e. The lowest BCUT2D eigenvalue weighted by atomic mass is 10.3. The molecule has 72 valence electrons. The number of anilines is 1. The predicted molar refractivity (Wildman–Crippen MR) is 52.7 cm³/mol. The highest BCUT2D eigenvalue weighted by atomic mass is 32.1. The van der Waals surface area contributed by atoms with Crippen molar-refractivity contribution < 1.29 is 9.90 Å². The van der Waals surface area contributed by atoms with E-state index in [0.29, 0.717) is 10.6 Å². The molecule has 4 N–H and O–H groups in total. The first kappa shape index (κ1) is 10.0. The zero-order chi connectivity index (χ0) is 9.84. The van der Waals surface area contributed by atoms with E-state index in [0.717, 1.165) is 0 Å². The zero-order valence-electron chi connectivity index (χ0n) is 7.28. The van der Waals surface area contributed by atoms with Crippen molar-refractivity contribution >= 4 is 22.9 Å². The van der Waals surface area contributed by atoms with Crippen LogP contribution in [0.4, 0.5) is 5.69 Å². The SMILES string of the molecule is C[C@@H](CO)NC(=O)c1sccc1N. The third-order valence-corrected chi connectivity index (χ3v) is 2.48. The second-order valence-corrected chi connectivity index (χ2v) is 3.68. The number of rotatable bonds is 3. The van der Waals surface area contributed by atoms with E-state index in [4.69, 9.17) is 10.8 Å². The summed E-state index contributed by atoms with van der Waals surface area (Å²) in [5.41, 5.74) is 6.03. The molecular weight excluding hydrogens is 188 g/mol. The van der Waals surface area contributed by atoms with Crippen LogP contribution in [0.25, 0.3) is 0 Å². The van der Waals surface area contributed by atoms with E-state index in [1.807, 2.05) is 0 Å². The summed E-state index contributed by atoms with van der Waals surface area (Å²) in [4.78, 5) is 11.9. The molecular formula is C8H12N2O2S. The Hall–Kier alpha value is -1.07. The Morgan fingerprint density at radius 1 is 1.85 bits per heavy atom. The van der Waals surface area contributed by atoms with Gasteiger partial charge in [-0.2, -0.15) is 0 Å². The van der Waals surface area contributed by atoms with Crippen LogP contribution in [0.1, 0.15) is 16.6 Å². The monoisotopic (exact) mass is 200 g/mol. The Balaban J connectivity index is 2.64. The number of nitrogen functional groups attached to an aromatic ring is 1. The van der Waals surface area contributed by atoms with Gasteiger partial charge in [0.25, 0.3) is 5.91 Å². The molecule has 5 heteroatoms. The predicted octanol–water partition coefficient (Wildman–Crippen LogP) is 0.441. The van der Waals surface area contributed by atoms with Crippen LogP contribution in [-0.4, -0.2) is 23.7 Å². The van der Waals surface area contributed by atoms with Gasteiger partial charge in [0.05, 0.1) is 12.3 Å². The first-order valence-electron chi connectivity index (χ1n) is 3.90. The smallest absolute Gasteiger partial charge is 0.263 e. The van der Waals surface area contributed by atoms with Crippen LogP contribution in [0.5, 0.6) is 0 Å². The number of carbonyl (C=O) groups is 1. The number of aliphatic hydroxyl groups is 1. The average molecular weight is 200 g/mol. The summed E-state index contributed by atoms with van der Waals surface area (Å²) >= 11 is 1.29. The van der Waals surface area contributed by atoms with E-state index in [9.17, 15) is 4.79 Å². The van der Waals surface area contributed by atoms with Gasteiger partial charge in [-0.1, -0.05) is 0 Å². The van der Waals surface area contributed by atoms with Crippen molar-refractivity contribution in [3.8, 4) is 0 Å². The van der Waals surface area contributed by atoms with Gasteiger partial charge >= 0.3 is 0 Å². The Kier molecular flexibility index (Phi) is 3.27. The third-order valence-electron chi connectivity index (χ3n) is 1.55. The van der Waals surface area contributed by atoms with E-state index in [-0.39, 0.29) is 18.6 Å². The highest BCUT2D eigenvalue weighted by molar-refractivity contribution is 7.12. The second-order valence-electron chi connectivity index (χ2n) is 2.76. The minimum atomic E-state index is -0.242. The normalized spacial score (nSPS) is 12.5. The van der Waals surface area contributed by atoms with E-state index in [2.05, 4.69) is 5.32 Å². The topological polar surface area (TPSA) is 75.3 Å². The number of amides is 1. The van der Waals surface area contributed by atoms with Crippen molar-refractivity contribution in [3.05, 3.63) is 16.3 Å². The molecule has 0 aliphatic rings. The molecule has 1 aromatic heterocycles. The molecule has 0 radical (unpaired) electrons. The zero-order valence-corrected chi connectivity index (χ0v) is 8.10. The van der Waals surface area contributed by atoms with Crippen LogP contribution in [0.2, 0.25) is 0 Å². The first-order chi connectivity index (χ1) is 6.15. The van der Waals surface area contributed by atoms with Crippen LogP contribution in [0.15, 0.2) is 11.4 Å². The fraction of sp³-hybridized carbons (Fsp3) is 0.375. The quantitative estimate of drug-likeness (QED) is 0.662.